The molecule has 0 aromatic carbocycles. The van der Waals surface area contributed by atoms with Gasteiger partial charge in [0, 0.05) is 18.5 Å². The molecule has 1 amide bonds. The van der Waals surface area contributed by atoms with Crippen LogP contribution in [0.2, 0.25) is 0 Å². The van der Waals surface area contributed by atoms with Crippen molar-refractivity contribution in [3.8, 4) is 0 Å². The fourth-order valence-corrected chi connectivity index (χ4v) is 4.19. The number of amides is 1. The molecule has 0 bridgehead atoms. The fraction of sp³-hybridized carbons (Fsp3) is 0.591. The number of hydrogen-bond acceptors (Lipinski definition) is 6. The maximum absolute atomic E-state index is 13.1. The molecule has 1 aliphatic heterocycles. The van der Waals surface area contributed by atoms with Crippen LogP contribution >= 0.6 is 0 Å². The summed E-state index contributed by atoms with van der Waals surface area (Å²) < 4.78 is 12.9. The van der Waals surface area contributed by atoms with E-state index in [2.05, 4.69) is 15.5 Å². The summed E-state index contributed by atoms with van der Waals surface area (Å²) in [7, 11) is 0. The number of carbonyl (C=O) groups is 3. The molecule has 1 aromatic rings. The van der Waals surface area contributed by atoms with Gasteiger partial charge < -0.3 is 15.3 Å². The Labute approximate surface area is 180 Å². The Morgan fingerprint density at radius 2 is 2.03 bits per heavy atom. The zero-order valence-electron chi connectivity index (χ0n) is 17.8. The van der Waals surface area contributed by atoms with Crippen LogP contribution < -0.4 is 5.32 Å². The molecule has 2 aliphatic rings. The summed E-state index contributed by atoms with van der Waals surface area (Å²) in [6.07, 6.45) is 5.82. The first kappa shape index (κ1) is 22.8. The van der Waals surface area contributed by atoms with E-state index in [0.717, 1.165) is 12.8 Å². The van der Waals surface area contributed by atoms with Gasteiger partial charge in [-0.05, 0) is 36.5 Å². The SMILES string of the molecule is CC(C)[C@@]1(C(=O)N[C@@H](CC(=O)O)C(=O)CF)CC(c2cc(C3CCCC3)ccn2)=NO1. The number of halogens is 1. The van der Waals surface area contributed by atoms with Crippen LogP contribution in [0.5, 0.6) is 0 Å². The monoisotopic (exact) mass is 433 g/mol. The maximum Gasteiger partial charge on any atom is 0.305 e. The Balaban J connectivity index is 1.78. The van der Waals surface area contributed by atoms with Crippen LogP contribution in [0.15, 0.2) is 23.5 Å². The second-order valence-corrected chi connectivity index (χ2v) is 8.53. The number of Topliss-reactive ketones (excluding diaryl/α,β-unsaturated/α-hetero) is 1. The molecule has 2 heterocycles. The molecule has 1 saturated carbocycles. The molecule has 31 heavy (non-hydrogen) atoms. The van der Waals surface area contributed by atoms with Gasteiger partial charge in [-0.1, -0.05) is 31.8 Å². The standard InChI is InChI=1S/C22H28FN3O5/c1-13(2)22(21(30)25-17(10-20(28)29)19(27)12-23)11-18(26-31-22)16-9-15(7-8-24-16)14-5-3-4-6-14/h7-9,13-14,17H,3-6,10-12H2,1-2H3,(H,25,30)(H,28,29)/t17-,22+/m0/s1. The Bertz CT molecular complexity index is 882. The summed E-state index contributed by atoms with van der Waals surface area (Å²) in [5.41, 5.74) is 0.886. The Hall–Kier alpha value is -2.84. The summed E-state index contributed by atoms with van der Waals surface area (Å²) in [6, 6.07) is 2.51. The van der Waals surface area contributed by atoms with Gasteiger partial charge in [-0.2, -0.15) is 0 Å². The van der Waals surface area contributed by atoms with E-state index in [1.165, 1.54) is 18.4 Å². The summed E-state index contributed by atoms with van der Waals surface area (Å²) in [4.78, 5) is 45.9. The van der Waals surface area contributed by atoms with Gasteiger partial charge >= 0.3 is 5.97 Å². The molecule has 1 fully saturated rings. The van der Waals surface area contributed by atoms with Crippen molar-refractivity contribution in [3.63, 3.8) is 0 Å². The van der Waals surface area contributed by atoms with Crippen molar-refractivity contribution in [2.75, 3.05) is 6.67 Å². The quantitative estimate of drug-likeness (QED) is 0.618. The number of nitrogens with one attached hydrogen (secondary N) is 1. The molecule has 1 aromatic heterocycles. The third kappa shape index (κ3) is 4.91. The van der Waals surface area contributed by atoms with Crippen LogP contribution in [0.4, 0.5) is 4.39 Å². The van der Waals surface area contributed by atoms with Crippen molar-refractivity contribution in [1.82, 2.24) is 10.3 Å². The van der Waals surface area contributed by atoms with E-state index in [-0.39, 0.29) is 12.3 Å². The summed E-state index contributed by atoms with van der Waals surface area (Å²) in [5, 5.41) is 15.5. The van der Waals surface area contributed by atoms with Gasteiger partial charge in [-0.15, -0.1) is 0 Å². The van der Waals surface area contributed by atoms with Gasteiger partial charge in [0.25, 0.3) is 5.91 Å². The number of aromatic nitrogens is 1. The normalized spacial score (nSPS) is 22.1. The number of carboxylic acid groups (broad SMARTS) is 1. The molecule has 0 unspecified atom stereocenters. The van der Waals surface area contributed by atoms with Crippen molar-refractivity contribution in [1.29, 1.82) is 0 Å². The zero-order valence-corrected chi connectivity index (χ0v) is 17.8. The van der Waals surface area contributed by atoms with E-state index in [9.17, 15) is 18.8 Å². The first-order valence-electron chi connectivity index (χ1n) is 10.6. The van der Waals surface area contributed by atoms with Crippen LogP contribution in [0, 0.1) is 5.92 Å². The predicted molar refractivity (Wildman–Crippen MR) is 110 cm³/mol. The van der Waals surface area contributed by atoms with E-state index in [4.69, 9.17) is 9.94 Å². The zero-order chi connectivity index (χ0) is 22.6. The van der Waals surface area contributed by atoms with Crippen LogP contribution in [0.3, 0.4) is 0 Å². The molecule has 2 atom stereocenters. The Morgan fingerprint density at radius 1 is 1.32 bits per heavy atom. The Kier molecular flexibility index (Phi) is 7.02. The molecule has 2 N–H and O–H groups in total. The molecule has 0 saturated heterocycles. The number of oxime groups is 1. The highest BCUT2D eigenvalue weighted by molar-refractivity contribution is 6.05. The molecule has 9 heteroatoms. The van der Waals surface area contributed by atoms with Crippen molar-refractivity contribution in [3.05, 3.63) is 29.6 Å². The van der Waals surface area contributed by atoms with Gasteiger partial charge in [0.1, 0.15) is 18.4 Å². The van der Waals surface area contributed by atoms with Gasteiger partial charge in [0.2, 0.25) is 5.60 Å². The number of carboxylic acids is 1. The van der Waals surface area contributed by atoms with Crippen LogP contribution in [-0.4, -0.2) is 51.8 Å². The van der Waals surface area contributed by atoms with Gasteiger partial charge in [-0.25, -0.2) is 4.39 Å². The molecular weight excluding hydrogens is 405 g/mol. The summed E-state index contributed by atoms with van der Waals surface area (Å²) in [6.45, 7) is 2.17. The number of aliphatic carboxylic acids is 1. The number of alkyl halides is 1. The van der Waals surface area contributed by atoms with Gasteiger partial charge in [0.05, 0.1) is 12.1 Å². The Morgan fingerprint density at radius 3 is 2.65 bits per heavy atom. The second-order valence-electron chi connectivity index (χ2n) is 8.53. The highest BCUT2D eigenvalue weighted by Crippen LogP contribution is 2.36. The molecule has 168 valence electrons. The smallest absolute Gasteiger partial charge is 0.305 e. The molecule has 0 spiro atoms. The number of carbonyl (C=O) groups excluding carboxylic acids is 2. The lowest BCUT2D eigenvalue weighted by Gasteiger charge is -2.30. The van der Waals surface area contributed by atoms with Gasteiger partial charge in [0.15, 0.2) is 5.78 Å². The topological polar surface area (TPSA) is 118 Å². The minimum atomic E-state index is -1.47. The number of nitrogens with zero attached hydrogens (tertiary/aromatic N) is 2. The lowest BCUT2D eigenvalue weighted by atomic mass is 9.83. The van der Waals surface area contributed by atoms with E-state index >= 15 is 0 Å². The van der Waals surface area contributed by atoms with Crippen molar-refractivity contribution < 1.29 is 28.7 Å². The third-order valence-corrected chi connectivity index (χ3v) is 6.18. The average Bonchev–Trinajstić information content (AvgIpc) is 3.43. The van der Waals surface area contributed by atoms with E-state index < -0.39 is 42.4 Å². The molecule has 8 nitrogen and oxygen atoms in total. The number of hydrogen-bond donors (Lipinski definition) is 2. The molecule has 1 aliphatic carbocycles. The summed E-state index contributed by atoms with van der Waals surface area (Å²) >= 11 is 0. The third-order valence-electron chi connectivity index (χ3n) is 6.18. The van der Waals surface area contributed by atoms with E-state index in [1.807, 2.05) is 12.1 Å². The minimum absolute atomic E-state index is 0.112. The van der Waals surface area contributed by atoms with E-state index in [0.29, 0.717) is 17.3 Å². The summed E-state index contributed by atoms with van der Waals surface area (Å²) in [5.74, 6) is -2.87. The highest BCUT2D eigenvalue weighted by atomic mass is 19.1. The minimum Gasteiger partial charge on any atom is -0.481 e. The van der Waals surface area contributed by atoms with Crippen LogP contribution in [-0.2, 0) is 19.2 Å². The van der Waals surface area contributed by atoms with E-state index in [1.54, 1.807) is 20.0 Å². The maximum atomic E-state index is 13.1. The predicted octanol–water partition coefficient (Wildman–Crippen LogP) is 2.76. The van der Waals surface area contributed by atoms with Crippen molar-refractivity contribution >= 4 is 23.4 Å². The molecule has 0 radical (unpaired) electrons. The number of pyridine rings is 1. The largest absolute Gasteiger partial charge is 0.481 e. The fourth-order valence-electron chi connectivity index (χ4n) is 4.19. The van der Waals surface area contributed by atoms with Gasteiger partial charge in [-0.3, -0.25) is 19.4 Å². The lowest BCUT2D eigenvalue weighted by molar-refractivity contribution is -0.152. The number of rotatable bonds is 9. The molecular formula is C22H28FN3O5. The highest BCUT2D eigenvalue weighted by Gasteiger charge is 2.50. The molecule has 3 rings (SSSR count). The first-order valence-corrected chi connectivity index (χ1v) is 10.6. The average molecular weight is 433 g/mol. The van der Waals surface area contributed by atoms with Crippen molar-refractivity contribution in [2.24, 2.45) is 11.1 Å². The first-order chi connectivity index (χ1) is 14.8. The van der Waals surface area contributed by atoms with Crippen LogP contribution in [0.25, 0.3) is 0 Å². The number of ketones is 1. The van der Waals surface area contributed by atoms with Crippen molar-refractivity contribution in [2.45, 2.75) is 69.9 Å². The second kappa shape index (κ2) is 9.53. The van der Waals surface area contributed by atoms with Crippen LogP contribution in [0.1, 0.15) is 69.5 Å². The lowest BCUT2D eigenvalue weighted by Crippen LogP contribution is -2.55.